The lowest BCUT2D eigenvalue weighted by Crippen LogP contribution is -2.15. The van der Waals surface area contributed by atoms with E-state index in [2.05, 4.69) is 15.6 Å². The number of carbonyl (C=O) groups is 1. The van der Waals surface area contributed by atoms with Gasteiger partial charge >= 0.3 is 0 Å². The molecule has 0 fully saturated rings. The van der Waals surface area contributed by atoms with Gasteiger partial charge in [-0.05, 0) is 36.4 Å². The molecule has 1 aromatic heterocycles. The van der Waals surface area contributed by atoms with Crippen LogP contribution in [-0.4, -0.2) is 18.0 Å². The Balaban J connectivity index is 1.74. The lowest BCUT2D eigenvalue weighted by atomic mass is 10.2. The van der Waals surface area contributed by atoms with Crippen molar-refractivity contribution >= 4 is 23.0 Å². The van der Waals surface area contributed by atoms with Crippen LogP contribution < -0.4 is 15.4 Å². The number of rotatable bonds is 5. The zero-order chi connectivity index (χ0) is 18.5. The Morgan fingerprint density at radius 2 is 1.73 bits per heavy atom. The van der Waals surface area contributed by atoms with Crippen LogP contribution in [0.15, 0.2) is 60.8 Å². The summed E-state index contributed by atoms with van der Waals surface area (Å²) in [4.78, 5) is 16.2. The van der Waals surface area contributed by atoms with Crippen molar-refractivity contribution in [3.63, 3.8) is 0 Å². The van der Waals surface area contributed by atoms with E-state index in [-0.39, 0.29) is 5.69 Å². The molecule has 132 valence electrons. The summed E-state index contributed by atoms with van der Waals surface area (Å²) in [6.07, 6.45) is 1.44. The van der Waals surface area contributed by atoms with Gasteiger partial charge in [0.15, 0.2) is 0 Å². The number of ether oxygens (including phenoxy) is 1. The van der Waals surface area contributed by atoms with Crippen LogP contribution in [-0.2, 0) is 0 Å². The summed E-state index contributed by atoms with van der Waals surface area (Å²) < 4.78 is 32.5. The molecule has 3 aromatic rings. The minimum Gasteiger partial charge on any atom is -0.495 e. The second kappa shape index (κ2) is 7.60. The van der Waals surface area contributed by atoms with E-state index in [1.807, 2.05) is 18.2 Å². The van der Waals surface area contributed by atoms with Crippen molar-refractivity contribution in [3.05, 3.63) is 78.1 Å². The molecule has 3 rings (SSSR count). The largest absolute Gasteiger partial charge is 0.495 e. The fourth-order valence-corrected chi connectivity index (χ4v) is 2.30. The minimum absolute atomic E-state index is 0.0261. The van der Waals surface area contributed by atoms with Gasteiger partial charge in [-0.1, -0.05) is 18.2 Å². The first-order chi connectivity index (χ1) is 12.6. The molecule has 0 saturated heterocycles. The van der Waals surface area contributed by atoms with E-state index in [1.54, 1.807) is 19.2 Å². The number of halogens is 2. The molecule has 2 N–H and O–H groups in total. The predicted octanol–water partition coefficient (Wildman–Crippen LogP) is 4.36. The van der Waals surface area contributed by atoms with Crippen molar-refractivity contribution in [1.82, 2.24) is 4.98 Å². The summed E-state index contributed by atoms with van der Waals surface area (Å²) in [5.74, 6) is -1.76. The lowest BCUT2D eigenvalue weighted by molar-refractivity contribution is 0.102. The van der Waals surface area contributed by atoms with Gasteiger partial charge in [-0.15, -0.1) is 0 Å². The molecule has 5 nitrogen and oxygen atoms in total. The van der Waals surface area contributed by atoms with E-state index in [1.165, 1.54) is 18.3 Å². The standard InChI is InChI=1S/C19H15F2N3O2/c1-26-17-8-3-2-7-15(17)23-12-9-10-16(22-11-12)19(25)24-18-13(20)5-4-6-14(18)21/h2-11,23H,1H3,(H,24,25). The Labute approximate surface area is 148 Å². The summed E-state index contributed by atoms with van der Waals surface area (Å²) in [5.41, 5.74) is 0.888. The second-order valence-corrected chi connectivity index (χ2v) is 5.31. The normalized spacial score (nSPS) is 10.3. The molecule has 2 aromatic carbocycles. The number of hydrogen-bond acceptors (Lipinski definition) is 4. The number of carbonyl (C=O) groups excluding carboxylic acids is 1. The highest BCUT2D eigenvalue weighted by Crippen LogP contribution is 2.26. The monoisotopic (exact) mass is 355 g/mol. The van der Waals surface area contributed by atoms with E-state index in [0.29, 0.717) is 11.4 Å². The molecular formula is C19H15F2N3O2. The van der Waals surface area contributed by atoms with Gasteiger partial charge in [0.05, 0.1) is 24.7 Å². The molecule has 0 unspecified atom stereocenters. The number of anilines is 3. The minimum atomic E-state index is -0.854. The molecule has 0 aliphatic rings. The first-order valence-electron chi connectivity index (χ1n) is 7.70. The van der Waals surface area contributed by atoms with Crippen LogP contribution in [0, 0.1) is 11.6 Å². The number of benzene rings is 2. The average molecular weight is 355 g/mol. The Kier molecular flexibility index (Phi) is 5.07. The highest BCUT2D eigenvalue weighted by atomic mass is 19.1. The van der Waals surface area contributed by atoms with Crippen molar-refractivity contribution in [2.75, 3.05) is 17.7 Å². The molecule has 0 aliphatic heterocycles. The number of nitrogens with zero attached hydrogens (tertiary/aromatic N) is 1. The summed E-state index contributed by atoms with van der Waals surface area (Å²) >= 11 is 0. The number of para-hydroxylation sites is 3. The number of aromatic nitrogens is 1. The van der Waals surface area contributed by atoms with Gasteiger partial charge in [-0.25, -0.2) is 13.8 Å². The van der Waals surface area contributed by atoms with E-state index in [4.69, 9.17) is 4.74 Å². The van der Waals surface area contributed by atoms with Crippen molar-refractivity contribution in [2.24, 2.45) is 0 Å². The van der Waals surface area contributed by atoms with E-state index in [9.17, 15) is 13.6 Å². The molecular weight excluding hydrogens is 340 g/mol. The van der Waals surface area contributed by atoms with Crippen LogP contribution in [0.25, 0.3) is 0 Å². The van der Waals surface area contributed by atoms with Gasteiger partial charge in [0.25, 0.3) is 5.91 Å². The van der Waals surface area contributed by atoms with Crippen molar-refractivity contribution in [1.29, 1.82) is 0 Å². The van der Waals surface area contributed by atoms with Gasteiger partial charge in [-0.2, -0.15) is 0 Å². The van der Waals surface area contributed by atoms with Crippen molar-refractivity contribution < 1.29 is 18.3 Å². The maximum Gasteiger partial charge on any atom is 0.274 e. The zero-order valence-electron chi connectivity index (χ0n) is 13.8. The molecule has 1 amide bonds. The maximum atomic E-state index is 13.6. The van der Waals surface area contributed by atoms with Crippen LogP contribution in [0.2, 0.25) is 0 Å². The number of hydrogen-bond donors (Lipinski definition) is 2. The van der Waals surface area contributed by atoms with Gasteiger partial charge in [0.1, 0.15) is 28.8 Å². The highest BCUT2D eigenvalue weighted by molar-refractivity contribution is 6.03. The van der Waals surface area contributed by atoms with E-state index >= 15 is 0 Å². The summed E-state index contributed by atoms with van der Waals surface area (Å²) in [5, 5.41) is 5.31. The fraction of sp³-hybridized carbons (Fsp3) is 0.0526. The SMILES string of the molecule is COc1ccccc1Nc1ccc(C(=O)Nc2c(F)cccc2F)nc1. The lowest BCUT2D eigenvalue weighted by Gasteiger charge is -2.11. The predicted molar refractivity (Wildman–Crippen MR) is 94.8 cm³/mol. The fourth-order valence-electron chi connectivity index (χ4n) is 2.30. The first kappa shape index (κ1) is 17.3. The third-order valence-electron chi connectivity index (χ3n) is 3.58. The average Bonchev–Trinajstić information content (AvgIpc) is 2.66. The number of amides is 1. The molecule has 0 atom stereocenters. The molecule has 7 heteroatoms. The molecule has 0 radical (unpaired) electrons. The van der Waals surface area contributed by atoms with Crippen LogP contribution in [0.4, 0.5) is 25.8 Å². The Bertz CT molecular complexity index is 910. The molecule has 26 heavy (non-hydrogen) atoms. The summed E-state index contributed by atoms with van der Waals surface area (Å²) in [6, 6.07) is 13.8. The Hall–Kier alpha value is -3.48. The van der Waals surface area contributed by atoms with Crippen LogP contribution >= 0.6 is 0 Å². The van der Waals surface area contributed by atoms with Gasteiger partial charge in [0.2, 0.25) is 0 Å². The third-order valence-corrected chi connectivity index (χ3v) is 3.58. The van der Waals surface area contributed by atoms with Crippen LogP contribution in [0.1, 0.15) is 10.5 Å². The van der Waals surface area contributed by atoms with E-state index < -0.39 is 23.2 Å². The highest BCUT2D eigenvalue weighted by Gasteiger charge is 2.14. The van der Waals surface area contributed by atoms with Gasteiger partial charge in [0, 0.05) is 0 Å². The first-order valence-corrected chi connectivity index (χ1v) is 7.70. The molecule has 0 saturated carbocycles. The van der Waals surface area contributed by atoms with Crippen molar-refractivity contribution in [2.45, 2.75) is 0 Å². The van der Waals surface area contributed by atoms with Crippen LogP contribution in [0.5, 0.6) is 5.75 Å². The topological polar surface area (TPSA) is 63.2 Å². The molecule has 1 heterocycles. The molecule has 0 aliphatic carbocycles. The van der Waals surface area contributed by atoms with E-state index in [0.717, 1.165) is 17.8 Å². The molecule has 0 spiro atoms. The number of nitrogens with one attached hydrogen (secondary N) is 2. The molecule has 0 bridgehead atoms. The summed E-state index contributed by atoms with van der Waals surface area (Å²) in [7, 11) is 1.56. The van der Waals surface area contributed by atoms with Crippen molar-refractivity contribution in [3.8, 4) is 5.75 Å². The Morgan fingerprint density at radius 1 is 1.00 bits per heavy atom. The smallest absolute Gasteiger partial charge is 0.274 e. The number of pyridine rings is 1. The zero-order valence-corrected chi connectivity index (χ0v) is 13.8. The Morgan fingerprint density at radius 3 is 2.38 bits per heavy atom. The van der Waals surface area contributed by atoms with Crippen LogP contribution in [0.3, 0.4) is 0 Å². The van der Waals surface area contributed by atoms with Gasteiger partial charge in [-0.3, -0.25) is 4.79 Å². The third kappa shape index (κ3) is 3.77. The second-order valence-electron chi connectivity index (χ2n) is 5.31. The maximum absolute atomic E-state index is 13.6. The summed E-state index contributed by atoms with van der Waals surface area (Å²) in [6.45, 7) is 0. The van der Waals surface area contributed by atoms with Gasteiger partial charge < -0.3 is 15.4 Å². The quantitative estimate of drug-likeness (QED) is 0.714. The number of methoxy groups -OCH3 is 1.